The van der Waals surface area contributed by atoms with E-state index in [9.17, 15) is 0 Å². The Morgan fingerprint density at radius 1 is 1.71 bits per heavy atom. The Hall–Kier alpha value is -1.30. The number of aromatic nitrogens is 3. The van der Waals surface area contributed by atoms with E-state index < -0.39 is 0 Å². The van der Waals surface area contributed by atoms with E-state index in [0.717, 1.165) is 26.1 Å². The molecule has 6 heteroatoms. The summed E-state index contributed by atoms with van der Waals surface area (Å²) in [5, 5.41) is 6.65. The molecule has 1 unspecified atom stereocenters. The van der Waals surface area contributed by atoms with Crippen LogP contribution in [0.1, 0.15) is 6.42 Å². The molecule has 0 amide bonds. The highest BCUT2D eigenvalue weighted by Crippen LogP contribution is 2.20. The zero-order valence-corrected chi connectivity index (χ0v) is 8.23. The van der Waals surface area contributed by atoms with Gasteiger partial charge in [-0.05, 0) is 6.42 Å². The number of H-pyrrole nitrogens is 1. The summed E-state index contributed by atoms with van der Waals surface area (Å²) in [6.45, 7) is 2.73. The average molecular weight is 197 g/mol. The molecular formula is C8H15N5O. The fourth-order valence-corrected chi connectivity index (χ4v) is 1.79. The smallest absolute Gasteiger partial charge is 0.246 e. The number of rotatable bonds is 3. The van der Waals surface area contributed by atoms with Gasteiger partial charge in [0.15, 0.2) is 0 Å². The van der Waals surface area contributed by atoms with Crippen LogP contribution >= 0.6 is 0 Å². The van der Waals surface area contributed by atoms with Gasteiger partial charge in [0.2, 0.25) is 11.9 Å². The van der Waals surface area contributed by atoms with Crippen molar-refractivity contribution in [3.8, 4) is 0 Å². The summed E-state index contributed by atoms with van der Waals surface area (Å²) in [5.41, 5.74) is 5.46. The molecule has 0 bridgehead atoms. The highest BCUT2D eigenvalue weighted by Gasteiger charge is 2.24. The van der Waals surface area contributed by atoms with Crippen LogP contribution in [0.4, 0.5) is 11.9 Å². The van der Waals surface area contributed by atoms with E-state index >= 15 is 0 Å². The molecule has 1 aromatic heterocycles. The summed E-state index contributed by atoms with van der Waals surface area (Å²) in [6.07, 6.45) is 1.13. The molecule has 3 N–H and O–H groups in total. The minimum Gasteiger partial charge on any atom is -0.384 e. The summed E-state index contributed by atoms with van der Waals surface area (Å²) in [5.74, 6) is 1.65. The standard InChI is InChI=1S/C8H15N5O/c1-14-5-6-2-3-13(4-6)8-10-7(9)11-12-8/h6H,2-5H2,1H3,(H3,9,10,11,12). The molecule has 0 aromatic carbocycles. The molecule has 2 heterocycles. The van der Waals surface area contributed by atoms with Crippen LogP contribution in [0, 0.1) is 5.92 Å². The molecule has 0 spiro atoms. The summed E-state index contributed by atoms with van der Waals surface area (Å²) in [4.78, 5) is 6.21. The number of nitrogens with two attached hydrogens (primary N) is 1. The quantitative estimate of drug-likeness (QED) is 0.705. The molecule has 1 saturated heterocycles. The molecule has 78 valence electrons. The van der Waals surface area contributed by atoms with E-state index in [1.165, 1.54) is 0 Å². The van der Waals surface area contributed by atoms with Crippen molar-refractivity contribution in [3.63, 3.8) is 0 Å². The van der Waals surface area contributed by atoms with Gasteiger partial charge in [0.25, 0.3) is 0 Å². The van der Waals surface area contributed by atoms with E-state index in [2.05, 4.69) is 20.1 Å². The molecule has 1 atom stereocenters. The van der Waals surface area contributed by atoms with Gasteiger partial charge < -0.3 is 15.4 Å². The van der Waals surface area contributed by atoms with Crippen LogP contribution < -0.4 is 10.6 Å². The molecule has 0 radical (unpaired) electrons. The van der Waals surface area contributed by atoms with Crippen molar-refractivity contribution in [2.24, 2.45) is 5.92 Å². The Labute approximate surface area is 82.4 Å². The Kier molecular flexibility index (Phi) is 2.53. The average Bonchev–Trinajstić information content (AvgIpc) is 2.74. The maximum atomic E-state index is 5.46. The fourth-order valence-electron chi connectivity index (χ4n) is 1.79. The van der Waals surface area contributed by atoms with Gasteiger partial charge in [0.1, 0.15) is 0 Å². The SMILES string of the molecule is COCC1CCN(c2n[nH]c(N)n2)C1. The molecule has 2 rings (SSSR count). The van der Waals surface area contributed by atoms with Crippen molar-refractivity contribution in [1.29, 1.82) is 0 Å². The second-order valence-corrected chi connectivity index (χ2v) is 3.58. The van der Waals surface area contributed by atoms with Gasteiger partial charge in [0, 0.05) is 26.1 Å². The topological polar surface area (TPSA) is 80.1 Å². The number of aromatic amines is 1. The van der Waals surface area contributed by atoms with Crippen molar-refractivity contribution < 1.29 is 4.74 Å². The Bertz CT molecular complexity index is 300. The Morgan fingerprint density at radius 2 is 2.57 bits per heavy atom. The first-order valence-electron chi connectivity index (χ1n) is 4.71. The van der Waals surface area contributed by atoms with Crippen molar-refractivity contribution in [3.05, 3.63) is 0 Å². The zero-order valence-electron chi connectivity index (χ0n) is 8.23. The third kappa shape index (κ3) is 1.79. The zero-order chi connectivity index (χ0) is 9.97. The van der Waals surface area contributed by atoms with Gasteiger partial charge in [-0.2, -0.15) is 4.98 Å². The third-order valence-corrected chi connectivity index (χ3v) is 2.46. The summed E-state index contributed by atoms with van der Waals surface area (Å²) in [6, 6.07) is 0. The van der Waals surface area contributed by atoms with E-state index in [1.807, 2.05) is 0 Å². The van der Waals surface area contributed by atoms with Crippen LogP contribution in [0.3, 0.4) is 0 Å². The highest BCUT2D eigenvalue weighted by molar-refractivity contribution is 5.35. The number of nitrogen functional groups attached to an aromatic ring is 1. The monoisotopic (exact) mass is 197 g/mol. The molecule has 0 saturated carbocycles. The third-order valence-electron chi connectivity index (χ3n) is 2.46. The molecule has 1 aromatic rings. The van der Waals surface area contributed by atoms with Crippen LogP contribution in [0.2, 0.25) is 0 Å². The lowest BCUT2D eigenvalue weighted by Gasteiger charge is -2.12. The van der Waals surface area contributed by atoms with Gasteiger partial charge in [-0.3, -0.25) is 0 Å². The van der Waals surface area contributed by atoms with Gasteiger partial charge >= 0.3 is 0 Å². The molecular weight excluding hydrogens is 182 g/mol. The predicted molar refractivity (Wildman–Crippen MR) is 53.0 cm³/mol. The van der Waals surface area contributed by atoms with E-state index in [0.29, 0.717) is 17.8 Å². The fraction of sp³-hybridized carbons (Fsp3) is 0.750. The molecule has 0 aliphatic carbocycles. The number of methoxy groups -OCH3 is 1. The van der Waals surface area contributed by atoms with Gasteiger partial charge in [-0.25, -0.2) is 5.10 Å². The van der Waals surface area contributed by atoms with Crippen LogP contribution in [-0.4, -0.2) is 42.0 Å². The molecule has 1 aliphatic heterocycles. The lowest BCUT2D eigenvalue weighted by atomic mass is 10.1. The first-order chi connectivity index (χ1) is 6.79. The Morgan fingerprint density at radius 3 is 3.21 bits per heavy atom. The number of nitrogens with one attached hydrogen (secondary N) is 1. The van der Waals surface area contributed by atoms with E-state index in [1.54, 1.807) is 7.11 Å². The van der Waals surface area contributed by atoms with Crippen molar-refractivity contribution >= 4 is 11.9 Å². The number of ether oxygens (including phenoxy) is 1. The molecule has 14 heavy (non-hydrogen) atoms. The van der Waals surface area contributed by atoms with Crippen LogP contribution in [0.5, 0.6) is 0 Å². The second kappa shape index (κ2) is 3.83. The normalized spacial score (nSPS) is 21.8. The predicted octanol–water partition coefficient (Wildman–Crippen LogP) is -0.140. The lowest BCUT2D eigenvalue weighted by molar-refractivity contribution is 0.161. The first-order valence-corrected chi connectivity index (χ1v) is 4.71. The molecule has 6 nitrogen and oxygen atoms in total. The first kappa shape index (κ1) is 9.26. The highest BCUT2D eigenvalue weighted by atomic mass is 16.5. The van der Waals surface area contributed by atoms with Crippen LogP contribution in [0.15, 0.2) is 0 Å². The second-order valence-electron chi connectivity index (χ2n) is 3.58. The van der Waals surface area contributed by atoms with Gasteiger partial charge in [-0.15, -0.1) is 5.10 Å². The van der Waals surface area contributed by atoms with Crippen LogP contribution in [-0.2, 0) is 4.74 Å². The largest absolute Gasteiger partial charge is 0.384 e. The number of hydrogen-bond acceptors (Lipinski definition) is 5. The van der Waals surface area contributed by atoms with Crippen molar-refractivity contribution in [2.75, 3.05) is 37.4 Å². The minimum atomic E-state index is 0.371. The van der Waals surface area contributed by atoms with E-state index in [4.69, 9.17) is 10.5 Å². The van der Waals surface area contributed by atoms with Gasteiger partial charge in [-0.1, -0.05) is 0 Å². The number of hydrogen-bond donors (Lipinski definition) is 2. The number of anilines is 2. The van der Waals surface area contributed by atoms with Gasteiger partial charge in [0.05, 0.1) is 6.61 Å². The molecule has 1 aliphatic rings. The van der Waals surface area contributed by atoms with Crippen molar-refractivity contribution in [1.82, 2.24) is 15.2 Å². The summed E-state index contributed by atoms with van der Waals surface area (Å²) >= 11 is 0. The minimum absolute atomic E-state index is 0.371. The maximum Gasteiger partial charge on any atom is 0.246 e. The Balaban J connectivity index is 1.95. The lowest BCUT2D eigenvalue weighted by Crippen LogP contribution is -2.22. The van der Waals surface area contributed by atoms with Crippen LogP contribution in [0.25, 0.3) is 0 Å². The number of nitrogens with zero attached hydrogens (tertiary/aromatic N) is 3. The summed E-state index contributed by atoms with van der Waals surface area (Å²) < 4.78 is 5.12. The summed E-state index contributed by atoms with van der Waals surface area (Å²) in [7, 11) is 1.73. The van der Waals surface area contributed by atoms with Crippen molar-refractivity contribution in [2.45, 2.75) is 6.42 Å². The molecule has 1 fully saturated rings. The maximum absolute atomic E-state index is 5.46. The van der Waals surface area contributed by atoms with E-state index in [-0.39, 0.29) is 0 Å².